The maximum absolute atomic E-state index is 11.9. The lowest BCUT2D eigenvalue weighted by Gasteiger charge is -2.12. The minimum Gasteiger partial charge on any atom is -0.492 e. The van der Waals surface area contributed by atoms with Crippen molar-refractivity contribution < 1.29 is 9.53 Å². The van der Waals surface area contributed by atoms with Crippen molar-refractivity contribution in [1.29, 1.82) is 0 Å². The van der Waals surface area contributed by atoms with Gasteiger partial charge >= 0.3 is 0 Å². The third kappa shape index (κ3) is 6.99. The van der Waals surface area contributed by atoms with Gasteiger partial charge in [0.15, 0.2) is 0 Å². The second kappa shape index (κ2) is 10.2. The first kappa shape index (κ1) is 20.3. The summed E-state index contributed by atoms with van der Waals surface area (Å²) in [4.78, 5) is 17.0. The van der Waals surface area contributed by atoms with Gasteiger partial charge in [-0.15, -0.1) is 0 Å². The van der Waals surface area contributed by atoms with Crippen molar-refractivity contribution in [2.24, 2.45) is 0 Å². The summed E-state index contributed by atoms with van der Waals surface area (Å²) in [6.45, 7) is 2.18. The van der Waals surface area contributed by atoms with E-state index in [-0.39, 0.29) is 5.91 Å². The van der Waals surface area contributed by atoms with Gasteiger partial charge in [0.25, 0.3) is 5.91 Å². The normalized spacial score (nSPS) is 10.9. The zero-order valence-electron chi connectivity index (χ0n) is 14.4. The Balaban J connectivity index is 1.70. The molecule has 2 N–H and O–H groups in total. The molecule has 1 aromatic heterocycles. The first-order valence-electron chi connectivity index (χ1n) is 8.14. The van der Waals surface area contributed by atoms with Gasteiger partial charge in [-0.2, -0.15) is 0 Å². The van der Waals surface area contributed by atoms with Crippen molar-refractivity contribution in [1.82, 2.24) is 15.2 Å². The average molecular weight is 520 g/mol. The summed E-state index contributed by atoms with van der Waals surface area (Å²) in [5, 5.41) is 2.87. The van der Waals surface area contributed by atoms with Crippen LogP contribution < -0.4 is 10.1 Å². The Kier molecular flexibility index (Phi) is 8.25. The molecule has 0 saturated heterocycles. The molecular weight excluding hydrogens is 497 g/mol. The predicted molar refractivity (Wildman–Crippen MR) is 112 cm³/mol. The van der Waals surface area contributed by atoms with E-state index in [1.807, 2.05) is 6.07 Å². The van der Waals surface area contributed by atoms with Crippen molar-refractivity contribution >= 4 is 44.4 Å². The summed E-state index contributed by atoms with van der Waals surface area (Å²) >= 11 is 5.62. The second-order valence-corrected chi connectivity index (χ2v) is 8.09. The lowest BCUT2D eigenvalue weighted by atomic mass is 10.1. The number of ether oxygens (including phenoxy) is 1. The molecule has 0 atom stereocenters. The quantitative estimate of drug-likeness (QED) is 0.392. The molecule has 0 saturated carbocycles. The molecule has 0 unspecified atom stereocenters. The average Bonchev–Trinajstić information content (AvgIpc) is 3.00. The summed E-state index contributed by atoms with van der Waals surface area (Å²) in [5.41, 5.74) is 1.87. The van der Waals surface area contributed by atoms with Crippen LogP contribution in [0.5, 0.6) is 5.75 Å². The molecule has 0 aliphatic rings. The van der Waals surface area contributed by atoms with Gasteiger partial charge in [0.05, 0.1) is 10.2 Å². The van der Waals surface area contributed by atoms with Crippen molar-refractivity contribution in [2.75, 3.05) is 33.8 Å². The molecule has 136 valence electrons. The monoisotopic (exact) mass is 519 g/mol. The summed E-state index contributed by atoms with van der Waals surface area (Å²) in [6.07, 6.45) is 3.53. The van der Waals surface area contributed by atoms with Gasteiger partial charge in [0.2, 0.25) is 0 Å². The van der Waals surface area contributed by atoms with Crippen molar-refractivity contribution in [2.45, 2.75) is 12.8 Å². The first-order valence-corrected chi connectivity index (χ1v) is 10.0. The molecule has 1 heterocycles. The van der Waals surface area contributed by atoms with Crippen LogP contribution >= 0.6 is 38.5 Å². The topological polar surface area (TPSA) is 57.4 Å². The van der Waals surface area contributed by atoms with Crippen LogP contribution in [0.2, 0.25) is 0 Å². The molecule has 25 heavy (non-hydrogen) atoms. The Morgan fingerprint density at radius 3 is 2.80 bits per heavy atom. The third-order valence-corrected chi connectivity index (χ3v) is 4.90. The van der Waals surface area contributed by atoms with Crippen molar-refractivity contribution in [3.63, 3.8) is 0 Å². The summed E-state index contributed by atoms with van der Waals surface area (Å²) in [7, 11) is 4.16. The number of carbonyl (C=O) groups is 1. The minimum absolute atomic E-state index is 0.106. The van der Waals surface area contributed by atoms with Crippen LogP contribution in [-0.4, -0.2) is 49.6 Å². The SMILES string of the molecule is CN(C)CCc1ccc(OCCCNC(=O)c2cc(Br)c[nH]2)c(I)c1. The Hall–Kier alpha value is -1.06. The molecule has 0 spiro atoms. The highest BCUT2D eigenvalue weighted by atomic mass is 127. The number of hydrogen-bond acceptors (Lipinski definition) is 3. The number of benzene rings is 1. The standard InChI is InChI=1S/C18H23BrIN3O2/c1-23(2)8-6-13-4-5-17(15(20)10-13)25-9-3-7-21-18(24)16-11-14(19)12-22-16/h4-5,10-12,22H,3,6-9H2,1-2H3,(H,21,24). The fourth-order valence-electron chi connectivity index (χ4n) is 2.22. The van der Waals surface area contributed by atoms with Crippen molar-refractivity contribution in [3.8, 4) is 5.75 Å². The molecule has 0 radical (unpaired) electrons. The van der Waals surface area contributed by atoms with Crippen molar-refractivity contribution in [3.05, 3.63) is 49.8 Å². The molecule has 0 aliphatic heterocycles. The van der Waals surface area contributed by atoms with Crippen LogP contribution in [0.25, 0.3) is 0 Å². The number of aromatic nitrogens is 1. The van der Waals surface area contributed by atoms with Gasteiger partial charge < -0.3 is 19.9 Å². The predicted octanol–water partition coefficient (Wildman–Crippen LogP) is 3.68. The number of carbonyl (C=O) groups excluding carboxylic acids is 1. The van der Waals surface area contributed by atoms with E-state index in [4.69, 9.17) is 4.74 Å². The van der Waals surface area contributed by atoms with E-state index in [9.17, 15) is 4.79 Å². The number of halogens is 2. The number of aromatic amines is 1. The number of nitrogens with one attached hydrogen (secondary N) is 2. The molecule has 1 amide bonds. The summed E-state index contributed by atoms with van der Waals surface area (Å²) < 4.78 is 7.81. The molecule has 2 aromatic rings. The number of likely N-dealkylation sites (N-methyl/N-ethyl adjacent to an activating group) is 1. The van der Waals surface area contributed by atoms with Gasteiger partial charge in [-0.25, -0.2) is 0 Å². The van der Waals surface area contributed by atoms with E-state index >= 15 is 0 Å². The largest absolute Gasteiger partial charge is 0.492 e. The zero-order valence-corrected chi connectivity index (χ0v) is 18.2. The van der Waals surface area contributed by atoms with Crippen LogP contribution in [0.3, 0.4) is 0 Å². The molecule has 1 aromatic carbocycles. The Labute approximate surface area is 170 Å². The van der Waals surface area contributed by atoms with E-state index in [0.717, 1.165) is 33.2 Å². The molecule has 5 nitrogen and oxygen atoms in total. The molecule has 0 aliphatic carbocycles. The van der Waals surface area contributed by atoms with Crippen LogP contribution in [-0.2, 0) is 6.42 Å². The van der Waals surface area contributed by atoms with Gasteiger partial charge in [0, 0.05) is 23.8 Å². The zero-order chi connectivity index (χ0) is 18.2. The van der Waals surface area contributed by atoms with Gasteiger partial charge in [-0.1, -0.05) is 6.07 Å². The van der Waals surface area contributed by atoms with E-state index in [1.54, 1.807) is 12.3 Å². The lowest BCUT2D eigenvalue weighted by molar-refractivity contribution is 0.0947. The number of H-pyrrole nitrogens is 1. The lowest BCUT2D eigenvalue weighted by Crippen LogP contribution is -2.25. The van der Waals surface area contributed by atoms with Gasteiger partial charge in [-0.05, 0) is 89.2 Å². The van der Waals surface area contributed by atoms with Crippen LogP contribution in [0.4, 0.5) is 0 Å². The van der Waals surface area contributed by atoms with E-state index in [2.05, 4.69) is 79.9 Å². The fraction of sp³-hybridized carbons (Fsp3) is 0.389. The fourth-order valence-corrected chi connectivity index (χ4v) is 3.30. The molecule has 0 bridgehead atoms. The molecule has 7 heteroatoms. The Bertz CT molecular complexity index is 703. The van der Waals surface area contributed by atoms with Gasteiger partial charge in [-0.3, -0.25) is 4.79 Å². The van der Waals surface area contributed by atoms with Crippen LogP contribution in [0.15, 0.2) is 34.9 Å². The van der Waals surface area contributed by atoms with E-state index < -0.39 is 0 Å². The van der Waals surface area contributed by atoms with E-state index in [0.29, 0.717) is 18.8 Å². The summed E-state index contributed by atoms with van der Waals surface area (Å²) in [6, 6.07) is 8.07. The Morgan fingerprint density at radius 1 is 1.36 bits per heavy atom. The highest BCUT2D eigenvalue weighted by Crippen LogP contribution is 2.22. The maximum atomic E-state index is 11.9. The third-order valence-electron chi connectivity index (χ3n) is 3.60. The highest BCUT2D eigenvalue weighted by molar-refractivity contribution is 14.1. The number of rotatable bonds is 9. The van der Waals surface area contributed by atoms with Gasteiger partial charge in [0.1, 0.15) is 11.4 Å². The minimum atomic E-state index is -0.106. The smallest absolute Gasteiger partial charge is 0.267 e. The number of amides is 1. The van der Waals surface area contributed by atoms with Crippen LogP contribution in [0.1, 0.15) is 22.5 Å². The molecule has 2 rings (SSSR count). The van der Waals surface area contributed by atoms with Crippen LogP contribution in [0, 0.1) is 3.57 Å². The molecular formula is C18H23BrIN3O2. The highest BCUT2D eigenvalue weighted by Gasteiger charge is 2.07. The number of hydrogen-bond donors (Lipinski definition) is 2. The summed E-state index contributed by atoms with van der Waals surface area (Å²) in [5.74, 6) is 0.791. The number of nitrogens with zero attached hydrogens (tertiary/aromatic N) is 1. The molecule has 0 fully saturated rings. The van der Waals surface area contributed by atoms with E-state index in [1.165, 1.54) is 5.56 Å². The second-order valence-electron chi connectivity index (χ2n) is 6.01. The Morgan fingerprint density at radius 2 is 2.16 bits per heavy atom. The first-order chi connectivity index (χ1) is 12.0. The maximum Gasteiger partial charge on any atom is 0.267 e.